The van der Waals surface area contributed by atoms with Gasteiger partial charge in [0.1, 0.15) is 23.1 Å². The molecule has 5 aromatic rings. The Bertz CT molecular complexity index is 1350. The molecule has 0 saturated heterocycles. The lowest BCUT2D eigenvalue weighted by atomic mass is 10.1. The van der Waals surface area contributed by atoms with Gasteiger partial charge in [-0.05, 0) is 36.4 Å². The Morgan fingerprint density at radius 1 is 1.14 bits per heavy atom. The van der Waals surface area contributed by atoms with Crippen LogP contribution in [0.4, 0.5) is 5.69 Å². The topological polar surface area (TPSA) is 133 Å². The third kappa shape index (κ3) is 2.39. The molecule has 0 aliphatic carbocycles. The second kappa shape index (κ2) is 5.91. The van der Waals surface area contributed by atoms with Gasteiger partial charge in [-0.25, -0.2) is 0 Å². The Balaban J connectivity index is 1.61. The van der Waals surface area contributed by atoms with Crippen LogP contribution < -0.4 is 4.74 Å². The van der Waals surface area contributed by atoms with Gasteiger partial charge in [-0.1, -0.05) is 5.16 Å². The summed E-state index contributed by atoms with van der Waals surface area (Å²) in [6.45, 7) is 0. The number of methoxy groups -OCH3 is 1. The van der Waals surface area contributed by atoms with Crippen molar-refractivity contribution in [2.45, 2.75) is 0 Å². The first-order chi connectivity index (χ1) is 13.6. The molecule has 2 aromatic carbocycles. The molecule has 28 heavy (non-hydrogen) atoms. The fraction of sp³-hybridized carbons (Fsp3) is 0.0556. The predicted molar refractivity (Wildman–Crippen MR) is 97.8 cm³/mol. The molecule has 0 saturated carbocycles. The van der Waals surface area contributed by atoms with Crippen LogP contribution in [0.1, 0.15) is 0 Å². The third-order valence-electron chi connectivity index (χ3n) is 4.38. The number of aromatic nitrogens is 4. The first kappa shape index (κ1) is 16.0. The lowest BCUT2D eigenvalue weighted by Gasteiger charge is -1.98. The molecule has 0 spiro atoms. The number of aromatic amines is 1. The molecule has 138 valence electrons. The van der Waals surface area contributed by atoms with Crippen LogP contribution in [0.3, 0.4) is 0 Å². The number of hydrogen-bond acceptors (Lipinski definition) is 8. The largest absolute Gasteiger partial charge is 0.497 e. The fourth-order valence-electron chi connectivity index (χ4n) is 3.04. The van der Waals surface area contributed by atoms with Crippen LogP contribution in [0.2, 0.25) is 0 Å². The quantitative estimate of drug-likeness (QED) is 0.368. The zero-order valence-electron chi connectivity index (χ0n) is 14.4. The van der Waals surface area contributed by atoms with E-state index in [0.29, 0.717) is 16.9 Å². The van der Waals surface area contributed by atoms with Crippen molar-refractivity contribution in [3.63, 3.8) is 0 Å². The number of ether oxygens (including phenoxy) is 1. The number of H-pyrrole nitrogens is 1. The van der Waals surface area contributed by atoms with E-state index in [4.69, 9.17) is 13.7 Å². The fourth-order valence-corrected chi connectivity index (χ4v) is 3.04. The van der Waals surface area contributed by atoms with Crippen molar-refractivity contribution in [3.8, 4) is 28.7 Å². The average Bonchev–Trinajstić information content (AvgIpc) is 3.43. The number of nitrogens with zero attached hydrogens (tertiary/aromatic N) is 4. The Morgan fingerprint density at radius 3 is 2.71 bits per heavy atom. The van der Waals surface area contributed by atoms with E-state index in [1.807, 2.05) is 30.3 Å². The monoisotopic (exact) mass is 377 g/mol. The van der Waals surface area contributed by atoms with Crippen molar-refractivity contribution >= 4 is 27.6 Å². The summed E-state index contributed by atoms with van der Waals surface area (Å²) in [5, 5.41) is 23.0. The van der Waals surface area contributed by atoms with Crippen molar-refractivity contribution in [3.05, 3.63) is 52.7 Å². The second-order valence-electron chi connectivity index (χ2n) is 5.97. The van der Waals surface area contributed by atoms with Crippen LogP contribution in [0.25, 0.3) is 44.9 Å². The molecule has 0 radical (unpaired) electrons. The maximum Gasteiger partial charge on any atom is 0.319 e. The summed E-state index contributed by atoms with van der Waals surface area (Å²) >= 11 is 0. The van der Waals surface area contributed by atoms with Crippen LogP contribution in [0.15, 0.2) is 51.5 Å². The van der Waals surface area contributed by atoms with Gasteiger partial charge in [0.05, 0.1) is 12.0 Å². The highest BCUT2D eigenvalue weighted by atomic mass is 16.6. The van der Waals surface area contributed by atoms with Gasteiger partial charge in [0.15, 0.2) is 0 Å². The highest BCUT2D eigenvalue weighted by Crippen LogP contribution is 2.34. The maximum atomic E-state index is 11.1. The van der Waals surface area contributed by atoms with Crippen molar-refractivity contribution < 1.29 is 18.6 Å². The summed E-state index contributed by atoms with van der Waals surface area (Å²) in [7, 11) is 1.60. The number of hydrogen-bond donors (Lipinski definition) is 1. The molecular formula is C18H11N5O5. The number of nitro groups is 1. The molecule has 0 unspecified atom stereocenters. The zero-order chi connectivity index (χ0) is 19.3. The maximum absolute atomic E-state index is 11.1. The minimum Gasteiger partial charge on any atom is -0.497 e. The standard InChI is InChI=1S/C18H11N5O5/c1-26-10-3-5-15-12(7-10)11-6-9(2-4-14(11)27-15)17-20-18(28-22-17)16-13(23(24)25)8-19-21-16/h2-8H,1H3,(H,19,21). The number of nitrogens with one attached hydrogen (secondary N) is 1. The van der Waals surface area contributed by atoms with Gasteiger partial charge in [-0.2, -0.15) is 10.1 Å². The Hall–Kier alpha value is -4.21. The van der Waals surface area contributed by atoms with Gasteiger partial charge in [0.2, 0.25) is 11.5 Å². The molecule has 0 aliphatic rings. The second-order valence-corrected chi connectivity index (χ2v) is 5.97. The summed E-state index contributed by atoms with van der Waals surface area (Å²) < 4.78 is 16.3. The van der Waals surface area contributed by atoms with Gasteiger partial charge in [-0.15, -0.1) is 0 Å². The molecular weight excluding hydrogens is 366 g/mol. The van der Waals surface area contributed by atoms with Crippen LogP contribution in [-0.4, -0.2) is 32.4 Å². The minimum atomic E-state index is -0.570. The molecule has 0 bridgehead atoms. The van der Waals surface area contributed by atoms with Crippen molar-refractivity contribution in [1.82, 2.24) is 20.3 Å². The highest BCUT2D eigenvalue weighted by Gasteiger charge is 2.24. The summed E-state index contributed by atoms with van der Waals surface area (Å²) in [6.07, 6.45) is 1.16. The van der Waals surface area contributed by atoms with Crippen molar-refractivity contribution in [1.29, 1.82) is 0 Å². The van der Waals surface area contributed by atoms with Crippen LogP contribution in [-0.2, 0) is 0 Å². The summed E-state index contributed by atoms with van der Waals surface area (Å²) in [4.78, 5) is 14.7. The highest BCUT2D eigenvalue weighted by molar-refractivity contribution is 6.06. The number of furan rings is 1. The molecule has 1 N–H and O–H groups in total. The third-order valence-corrected chi connectivity index (χ3v) is 4.38. The van der Waals surface area contributed by atoms with E-state index >= 15 is 0 Å². The normalized spacial score (nSPS) is 11.3. The molecule has 5 rings (SSSR count). The summed E-state index contributed by atoms with van der Waals surface area (Å²) in [6, 6.07) is 11.0. The number of benzene rings is 2. The first-order valence-corrected chi connectivity index (χ1v) is 8.17. The molecule has 0 aliphatic heterocycles. The Morgan fingerprint density at radius 2 is 1.93 bits per heavy atom. The minimum absolute atomic E-state index is 0.0108. The molecule has 3 aromatic heterocycles. The number of fused-ring (bicyclic) bond motifs is 3. The van der Waals surface area contributed by atoms with Crippen molar-refractivity contribution in [2.24, 2.45) is 0 Å². The predicted octanol–water partition coefficient (Wildman–Crippen LogP) is 3.94. The van der Waals surface area contributed by atoms with E-state index in [-0.39, 0.29) is 23.1 Å². The van der Waals surface area contributed by atoms with E-state index in [9.17, 15) is 10.1 Å². The van der Waals surface area contributed by atoms with E-state index in [1.54, 1.807) is 13.2 Å². The van der Waals surface area contributed by atoms with E-state index in [0.717, 1.165) is 22.6 Å². The summed E-state index contributed by atoms with van der Waals surface area (Å²) in [5.74, 6) is 0.960. The van der Waals surface area contributed by atoms with Gasteiger partial charge in [0.25, 0.3) is 5.89 Å². The van der Waals surface area contributed by atoms with Crippen molar-refractivity contribution in [2.75, 3.05) is 7.11 Å². The number of rotatable bonds is 4. The van der Waals surface area contributed by atoms with E-state index in [2.05, 4.69) is 20.3 Å². The molecule has 10 nitrogen and oxygen atoms in total. The molecule has 10 heteroatoms. The van der Waals surface area contributed by atoms with E-state index in [1.165, 1.54) is 0 Å². The first-order valence-electron chi connectivity index (χ1n) is 8.17. The van der Waals surface area contributed by atoms with Crippen LogP contribution in [0, 0.1) is 10.1 Å². The molecule has 3 heterocycles. The van der Waals surface area contributed by atoms with Gasteiger partial charge in [-0.3, -0.25) is 15.2 Å². The molecule has 0 atom stereocenters. The Labute approximate surface area is 155 Å². The van der Waals surface area contributed by atoms with E-state index < -0.39 is 4.92 Å². The van der Waals surface area contributed by atoms with Crippen LogP contribution >= 0.6 is 0 Å². The lowest BCUT2D eigenvalue weighted by Crippen LogP contribution is -1.89. The van der Waals surface area contributed by atoms with Gasteiger partial charge in [0, 0.05) is 16.3 Å². The zero-order valence-corrected chi connectivity index (χ0v) is 14.4. The van der Waals surface area contributed by atoms with Gasteiger partial charge >= 0.3 is 5.69 Å². The van der Waals surface area contributed by atoms with Crippen LogP contribution in [0.5, 0.6) is 5.75 Å². The smallest absolute Gasteiger partial charge is 0.319 e. The molecule has 0 amide bonds. The van der Waals surface area contributed by atoms with Gasteiger partial charge < -0.3 is 13.7 Å². The lowest BCUT2D eigenvalue weighted by molar-refractivity contribution is -0.384. The average molecular weight is 377 g/mol. The Kier molecular flexibility index (Phi) is 3.38. The molecule has 0 fully saturated rings. The SMILES string of the molecule is COc1ccc2oc3ccc(-c4noc(-c5n[nH]cc5[N+](=O)[O-])n4)cc3c2c1. The summed E-state index contributed by atoms with van der Waals surface area (Å²) in [5.41, 5.74) is 1.86.